The predicted octanol–water partition coefficient (Wildman–Crippen LogP) is -0.792. The van der Waals surface area contributed by atoms with E-state index in [4.69, 9.17) is 47.4 Å². The molecule has 6 aliphatic heterocycles. The molecular weight excluding hydrogens is 949 g/mol. The second-order valence-electron chi connectivity index (χ2n) is 23.9. The molecule has 0 bridgehead atoms. The van der Waals surface area contributed by atoms with Crippen molar-refractivity contribution in [2.45, 2.75) is 253 Å². The Morgan fingerprint density at radius 1 is 0.597 bits per heavy atom. The van der Waals surface area contributed by atoms with E-state index in [9.17, 15) is 56.2 Å². The molecule has 412 valence electrons. The Kier molecular flexibility index (Phi) is 15.1. The molecule has 9 fully saturated rings. The van der Waals surface area contributed by atoms with Crippen LogP contribution in [-0.2, 0) is 47.4 Å². The molecule has 0 aromatic carbocycles. The predicted molar refractivity (Wildman–Crippen MR) is 245 cm³/mol. The molecule has 0 aromatic rings. The summed E-state index contributed by atoms with van der Waals surface area (Å²) in [6.07, 6.45) is -21.2. The minimum Gasteiger partial charge on any atom is -0.394 e. The molecule has 72 heavy (non-hydrogen) atoms. The van der Waals surface area contributed by atoms with Gasteiger partial charge in [0.2, 0.25) is 0 Å². The van der Waals surface area contributed by atoms with Gasteiger partial charge in [-0.2, -0.15) is 0 Å². The monoisotopic (exact) mass is 1030 g/mol. The fraction of sp³-hybridized carbons (Fsp3) is 0.961. The molecule has 0 amide bonds. The molecule has 21 heteroatoms. The van der Waals surface area contributed by atoms with Gasteiger partial charge in [0, 0.05) is 17.8 Å². The first-order valence-electron chi connectivity index (χ1n) is 26.7. The van der Waals surface area contributed by atoms with E-state index in [0.29, 0.717) is 37.2 Å². The Morgan fingerprint density at radius 2 is 1.19 bits per heavy atom. The van der Waals surface area contributed by atoms with Crippen LogP contribution in [0.2, 0.25) is 0 Å². The molecule has 31 atom stereocenters. The van der Waals surface area contributed by atoms with Crippen molar-refractivity contribution in [1.82, 2.24) is 0 Å². The van der Waals surface area contributed by atoms with E-state index in [0.717, 1.165) is 44.9 Å². The first-order valence-corrected chi connectivity index (χ1v) is 26.7. The van der Waals surface area contributed by atoms with Crippen LogP contribution in [0.4, 0.5) is 0 Å². The summed E-state index contributed by atoms with van der Waals surface area (Å²) in [6.45, 7) is 13.3. The molecular formula is C51H82O21. The van der Waals surface area contributed by atoms with E-state index in [1.54, 1.807) is 0 Å². The topological polar surface area (TPSA) is 315 Å². The number of allylic oxidation sites excluding steroid dienone is 1. The van der Waals surface area contributed by atoms with E-state index < -0.39 is 147 Å². The average molecular weight is 1030 g/mol. The Balaban J connectivity index is 0.842. The maximum absolute atomic E-state index is 12.9. The van der Waals surface area contributed by atoms with Crippen LogP contribution < -0.4 is 0 Å². The van der Waals surface area contributed by atoms with E-state index >= 15 is 0 Å². The van der Waals surface area contributed by atoms with Gasteiger partial charge in [-0.3, -0.25) is 0 Å². The van der Waals surface area contributed by atoms with Gasteiger partial charge in [-0.05, 0) is 101 Å². The van der Waals surface area contributed by atoms with Crippen molar-refractivity contribution in [2.24, 2.45) is 40.4 Å². The summed E-state index contributed by atoms with van der Waals surface area (Å²) in [5.41, 5.74) is -0.230. The number of hydrogen-bond acceptors (Lipinski definition) is 21. The first-order chi connectivity index (χ1) is 34.0. The molecule has 0 radical (unpaired) electrons. The molecule has 0 unspecified atom stereocenters. The Hall–Kier alpha value is -1.10. The summed E-state index contributed by atoms with van der Waals surface area (Å²) >= 11 is 0. The van der Waals surface area contributed by atoms with Crippen molar-refractivity contribution in [2.75, 3.05) is 13.2 Å². The highest BCUT2D eigenvalue weighted by Gasteiger charge is 2.76. The Morgan fingerprint density at radius 3 is 1.81 bits per heavy atom. The van der Waals surface area contributed by atoms with Crippen molar-refractivity contribution in [3.63, 3.8) is 0 Å². The van der Waals surface area contributed by atoms with Gasteiger partial charge in [0.15, 0.2) is 30.9 Å². The molecule has 21 nitrogen and oxygen atoms in total. The lowest BCUT2D eigenvalue weighted by Crippen LogP contribution is -2.67. The molecule has 0 aromatic heterocycles. The zero-order valence-electron chi connectivity index (χ0n) is 42.4. The lowest BCUT2D eigenvalue weighted by Gasteiger charge is -2.60. The summed E-state index contributed by atoms with van der Waals surface area (Å²) in [6, 6.07) is 0. The second-order valence-corrected chi connectivity index (χ2v) is 23.9. The number of rotatable bonds is 9. The van der Waals surface area contributed by atoms with Gasteiger partial charge < -0.3 is 104 Å². The number of fused-ring (bicyclic) bond motifs is 7. The molecule has 11 N–H and O–H groups in total. The van der Waals surface area contributed by atoms with Crippen LogP contribution in [-0.4, -0.2) is 216 Å². The summed E-state index contributed by atoms with van der Waals surface area (Å²) in [5, 5.41) is 122. The molecule has 10 aliphatic rings. The highest BCUT2D eigenvalue weighted by Crippen LogP contribution is 2.72. The summed E-state index contributed by atoms with van der Waals surface area (Å²) in [7, 11) is 0. The summed E-state index contributed by atoms with van der Waals surface area (Å²) in [5.74, 6) is 0.531. The van der Waals surface area contributed by atoms with E-state index in [1.165, 1.54) is 26.3 Å². The highest BCUT2D eigenvalue weighted by atomic mass is 16.8. The number of aliphatic hydroxyl groups is 11. The van der Waals surface area contributed by atoms with Crippen molar-refractivity contribution in [3.05, 3.63) is 11.6 Å². The van der Waals surface area contributed by atoms with Gasteiger partial charge in [-0.1, -0.05) is 39.3 Å². The number of aliphatic hydroxyl groups excluding tert-OH is 10. The molecule has 6 saturated heterocycles. The van der Waals surface area contributed by atoms with Crippen LogP contribution in [0.25, 0.3) is 0 Å². The van der Waals surface area contributed by atoms with Gasteiger partial charge in [0.1, 0.15) is 85.0 Å². The fourth-order valence-corrected chi connectivity index (χ4v) is 15.4. The summed E-state index contributed by atoms with van der Waals surface area (Å²) in [4.78, 5) is 0. The number of ether oxygens (including phenoxy) is 10. The first kappa shape index (κ1) is 54.3. The lowest BCUT2D eigenvalue weighted by atomic mass is 9.46. The highest BCUT2D eigenvalue weighted by molar-refractivity contribution is 5.29. The average Bonchev–Trinajstić information content (AvgIpc) is 3.71. The van der Waals surface area contributed by atoms with Crippen molar-refractivity contribution < 1.29 is 104 Å². The lowest BCUT2D eigenvalue weighted by molar-refractivity contribution is -0.394. The third kappa shape index (κ3) is 8.63. The smallest absolute Gasteiger partial charge is 0.187 e. The van der Waals surface area contributed by atoms with Gasteiger partial charge in [0.25, 0.3) is 0 Å². The van der Waals surface area contributed by atoms with Gasteiger partial charge >= 0.3 is 0 Å². The van der Waals surface area contributed by atoms with E-state index in [-0.39, 0.29) is 28.8 Å². The minimum absolute atomic E-state index is 0.151. The van der Waals surface area contributed by atoms with E-state index in [2.05, 4.69) is 33.8 Å². The minimum atomic E-state index is -1.86. The van der Waals surface area contributed by atoms with Crippen LogP contribution in [0.3, 0.4) is 0 Å². The van der Waals surface area contributed by atoms with Crippen molar-refractivity contribution in [1.29, 1.82) is 0 Å². The fourth-order valence-electron chi connectivity index (χ4n) is 15.4. The van der Waals surface area contributed by atoms with E-state index in [1.807, 2.05) is 0 Å². The largest absolute Gasteiger partial charge is 0.394 e. The third-order valence-corrected chi connectivity index (χ3v) is 20.0. The van der Waals surface area contributed by atoms with Crippen LogP contribution >= 0.6 is 0 Å². The second kappa shape index (κ2) is 20.0. The maximum Gasteiger partial charge on any atom is 0.187 e. The van der Waals surface area contributed by atoms with Crippen LogP contribution in [0.1, 0.15) is 106 Å². The normalized spacial score (nSPS) is 58.8. The number of hydrogen-bond donors (Lipinski definition) is 11. The zero-order valence-corrected chi connectivity index (χ0v) is 42.4. The van der Waals surface area contributed by atoms with Crippen molar-refractivity contribution in [3.8, 4) is 0 Å². The quantitative estimate of drug-likeness (QED) is 0.126. The molecule has 3 saturated carbocycles. The van der Waals surface area contributed by atoms with Crippen LogP contribution in [0.15, 0.2) is 11.6 Å². The zero-order chi connectivity index (χ0) is 51.7. The van der Waals surface area contributed by atoms with Crippen LogP contribution in [0.5, 0.6) is 0 Å². The maximum atomic E-state index is 12.9. The molecule has 1 spiro atoms. The molecule has 4 aliphatic carbocycles. The standard InChI is InChI=1S/C51H82O21/c1-20-10-15-50(63-19-20)24(5)51(62)31(72-50)17-29-27-9-8-25-16-26(11-13-48(25,6)28(27)12-14-49(29,51)7)67-47-43(71-45-38(59)35(56)33(54)22(3)65-45)40(61)42(30(18-52)68-47)70-46-39(60)36(57)41(23(4)66-46)69-44-37(58)34(55)32(53)21(2)64-44/h8,20-24,26-47,52-62H,9-19H2,1-7H3/t20-,21+,22+,23+,24+,26+,27+,28-,29-,30+,31-,32+,33+,34-,35-,36+,37+,38+,39+,40-,41+,42+,43+,44-,45-,46-,47+,48+,49-,50+,51+/m1/s1. The Labute approximate surface area is 420 Å². The molecule has 10 rings (SSSR count). The van der Waals surface area contributed by atoms with Crippen LogP contribution in [0, 0.1) is 40.4 Å². The molecule has 6 heterocycles. The Bertz CT molecular complexity index is 1940. The van der Waals surface area contributed by atoms with Gasteiger partial charge in [-0.15, -0.1) is 0 Å². The SMILES string of the molecule is C[C@@H]1CC[C@]2(OC1)O[C@@H]1C[C@@H]3[C@H]4CC=C5C[C@@H](O[C@H]6O[C@@H](CO)[C@H](O[C@H]7O[C@@H](C)[C@H](O[C@H]8O[C@@H](C)[C@H](O)[C@@H](O)[C@@H]8O)[C@@H](O)[C@@H]7O)[C@@H](O)[C@@H]6O[C@H]6O[C@@H](C)[C@H](O)[C@@H](O)[C@@H]6O)CC[C@]5(C)[C@@H]4CC[C@@]3(C)[C@]1(O)[C@H]2C. The van der Waals surface area contributed by atoms with Gasteiger partial charge in [-0.25, -0.2) is 0 Å². The van der Waals surface area contributed by atoms with Crippen molar-refractivity contribution >= 4 is 0 Å². The summed E-state index contributed by atoms with van der Waals surface area (Å²) < 4.78 is 61.9. The third-order valence-electron chi connectivity index (χ3n) is 20.0. The van der Waals surface area contributed by atoms with Gasteiger partial charge in [0.05, 0.1) is 43.7 Å².